The number of nitrogens with zero attached hydrogens (tertiary/aromatic N) is 4. The van der Waals surface area contributed by atoms with E-state index in [0.717, 1.165) is 48.6 Å². The van der Waals surface area contributed by atoms with E-state index in [9.17, 15) is 9.59 Å². The molecule has 4 aliphatic rings. The van der Waals surface area contributed by atoms with Crippen molar-refractivity contribution in [3.63, 3.8) is 0 Å². The molecule has 6 heterocycles. The van der Waals surface area contributed by atoms with Crippen LogP contribution in [-0.2, 0) is 9.47 Å². The Morgan fingerprint density at radius 1 is 0.791 bits per heavy atom. The average molecular weight is 658 g/mol. The van der Waals surface area contributed by atoms with Crippen LogP contribution in [-0.4, -0.2) is 67.3 Å². The SMILES string of the molecule is CC(C)(C)OC(=O)N1C2CCC1C(c1ccc(N)nc1)C2.CC(C)(C)OC(=O)N1C2CCC1C(c1cnc(N)c(Br)c1)C2. The number of amides is 2. The quantitative estimate of drug-likeness (QED) is 0.369. The first-order chi connectivity index (χ1) is 20.1. The number of halogens is 1. The molecule has 0 radical (unpaired) electrons. The first-order valence-corrected chi connectivity index (χ1v) is 16.1. The Labute approximate surface area is 263 Å². The number of hydrogen-bond donors (Lipinski definition) is 2. The minimum atomic E-state index is -0.458. The highest BCUT2D eigenvalue weighted by Gasteiger charge is 2.51. The standard InChI is InChI=1S/C16H22BrN3O2.C16H23N3O2/c1-16(2,3)22-15(21)20-10-4-5-13(20)11(7-10)9-6-12(17)14(18)19-8-9;1-16(2,3)21-15(20)19-11-5-6-13(19)12(8-11)10-4-7-14(17)18-9-10/h6,8,10-11,13H,4-5,7H2,1-3H3,(H2,18,19);4,7,9,11-13H,5-6,8H2,1-3H3,(H2,17,18). The van der Waals surface area contributed by atoms with Crippen LogP contribution in [0.4, 0.5) is 21.2 Å². The molecule has 2 aromatic heterocycles. The number of carbonyl (C=O) groups excluding carboxylic acids is 2. The van der Waals surface area contributed by atoms with Crippen LogP contribution in [0.5, 0.6) is 0 Å². The molecule has 0 spiro atoms. The van der Waals surface area contributed by atoms with E-state index in [1.807, 2.05) is 81.9 Å². The molecule has 0 saturated carbocycles. The summed E-state index contributed by atoms with van der Waals surface area (Å²) < 4.78 is 11.9. The summed E-state index contributed by atoms with van der Waals surface area (Å²) in [5.41, 5.74) is 12.8. The Morgan fingerprint density at radius 2 is 1.28 bits per heavy atom. The number of anilines is 2. The summed E-state index contributed by atoms with van der Waals surface area (Å²) >= 11 is 3.44. The number of carbonyl (C=O) groups is 2. The van der Waals surface area contributed by atoms with Crippen molar-refractivity contribution < 1.29 is 19.1 Å². The first kappa shape index (κ1) is 31.3. The third-order valence-electron chi connectivity index (χ3n) is 8.84. The van der Waals surface area contributed by atoms with Gasteiger partial charge in [0, 0.05) is 48.4 Å². The highest BCUT2D eigenvalue weighted by atomic mass is 79.9. The van der Waals surface area contributed by atoms with Gasteiger partial charge in [0.05, 0.1) is 4.47 Å². The molecule has 6 rings (SSSR count). The zero-order chi connectivity index (χ0) is 31.3. The van der Waals surface area contributed by atoms with Crippen molar-refractivity contribution in [3.8, 4) is 0 Å². The van der Waals surface area contributed by atoms with Crippen molar-refractivity contribution in [3.05, 3.63) is 46.2 Å². The monoisotopic (exact) mass is 656 g/mol. The van der Waals surface area contributed by atoms with Gasteiger partial charge in [0.15, 0.2) is 0 Å². The third-order valence-corrected chi connectivity index (χ3v) is 9.47. The van der Waals surface area contributed by atoms with Crippen LogP contribution < -0.4 is 11.5 Å². The van der Waals surface area contributed by atoms with E-state index in [1.165, 1.54) is 5.56 Å². The second-order valence-corrected chi connectivity index (χ2v) is 15.1. The minimum Gasteiger partial charge on any atom is -0.444 e. The molecule has 4 saturated heterocycles. The molecule has 4 aliphatic heterocycles. The fraction of sp³-hybridized carbons (Fsp3) is 0.625. The number of nitrogens with two attached hydrogens (primary N) is 2. The summed E-state index contributed by atoms with van der Waals surface area (Å²) in [5, 5.41) is 0. The lowest BCUT2D eigenvalue weighted by atomic mass is 9.85. The van der Waals surface area contributed by atoms with Gasteiger partial charge < -0.3 is 30.7 Å². The van der Waals surface area contributed by atoms with Crippen LogP contribution in [0, 0.1) is 0 Å². The fourth-order valence-corrected chi connectivity index (χ4v) is 7.56. The van der Waals surface area contributed by atoms with Crippen LogP contribution in [0.25, 0.3) is 0 Å². The van der Waals surface area contributed by atoms with Crippen LogP contribution in [0.1, 0.15) is 103 Å². The van der Waals surface area contributed by atoms with Gasteiger partial charge in [-0.3, -0.25) is 0 Å². The van der Waals surface area contributed by atoms with Gasteiger partial charge in [-0.25, -0.2) is 19.6 Å². The maximum Gasteiger partial charge on any atom is 0.410 e. The minimum absolute atomic E-state index is 0.180. The summed E-state index contributed by atoms with van der Waals surface area (Å²) in [7, 11) is 0. The molecule has 0 aliphatic carbocycles. The molecule has 6 atom stereocenters. The zero-order valence-corrected chi connectivity index (χ0v) is 27.6. The Bertz CT molecular complexity index is 1340. The molecule has 234 valence electrons. The molecule has 2 aromatic rings. The first-order valence-electron chi connectivity index (χ1n) is 15.3. The van der Waals surface area contributed by atoms with E-state index in [4.69, 9.17) is 20.9 Å². The van der Waals surface area contributed by atoms with E-state index >= 15 is 0 Å². The lowest BCUT2D eigenvalue weighted by Crippen LogP contribution is -2.40. The smallest absolute Gasteiger partial charge is 0.410 e. The van der Waals surface area contributed by atoms with E-state index in [0.29, 0.717) is 29.5 Å². The molecular weight excluding hydrogens is 612 g/mol. The predicted molar refractivity (Wildman–Crippen MR) is 169 cm³/mol. The van der Waals surface area contributed by atoms with E-state index < -0.39 is 11.2 Å². The van der Waals surface area contributed by atoms with Crippen molar-refractivity contribution in [2.24, 2.45) is 0 Å². The molecule has 6 unspecified atom stereocenters. The Balaban J connectivity index is 0.000000171. The van der Waals surface area contributed by atoms with Gasteiger partial charge >= 0.3 is 12.2 Å². The molecule has 10 nitrogen and oxygen atoms in total. The number of pyridine rings is 2. The van der Waals surface area contributed by atoms with Gasteiger partial charge in [-0.2, -0.15) is 0 Å². The van der Waals surface area contributed by atoms with Crippen molar-refractivity contribution >= 4 is 39.8 Å². The molecular formula is C32H45BrN6O4. The molecule has 0 aromatic carbocycles. The number of rotatable bonds is 2. The lowest BCUT2D eigenvalue weighted by molar-refractivity contribution is 0.0201. The molecule has 43 heavy (non-hydrogen) atoms. The number of hydrogen-bond acceptors (Lipinski definition) is 8. The average Bonchev–Trinajstić information content (AvgIpc) is 3.68. The van der Waals surface area contributed by atoms with Crippen molar-refractivity contribution in [1.29, 1.82) is 0 Å². The van der Waals surface area contributed by atoms with Gasteiger partial charge in [0.2, 0.25) is 0 Å². The van der Waals surface area contributed by atoms with Crippen molar-refractivity contribution in [2.45, 2.75) is 127 Å². The van der Waals surface area contributed by atoms with Gasteiger partial charge in [-0.1, -0.05) is 6.07 Å². The summed E-state index contributed by atoms with van der Waals surface area (Å²) in [6, 6.07) is 6.90. The molecule has 4 N–H and O–H groups in total. The Hall–Kier alpha value is -3.08. The highest BCUT2D eigenvalue weighted by molar-refractivity contribution is 9.10. The fourth-order valence-electron chi connectivity index (χ4n) is 7.19. The van der Waals surface area contributed by atoms with Crippen molar-refractivity contribution in [2.75, 3.05) is 11.5 Å². The van der Waals surface area contributed by atoms with Gasteiger partial charge in [-0.05, 0) is 119 Å². The van der Waals surface area contributed by atoms with Gasteiger partial charge in [-0.15, -0.1) is 0 Å². The Morgan fingerprint density at radius 3 is 1.72 bits per heavy atom. The number of aromatic nitrogens is 2. The summed E-state index contributed by atoms with van der Waals surface area (Å²) in [6.07, 6.45) is 9.47. The second kappa shape index (κ2) is 11.8. The zero-order valence-electron chi connectivity index (χ0n) is 26.0. The molecule has 11 heteroatoms. The summed E-state index contributed by atoms with van der Waals surface area (Å²) in [4.78, 5) is 37.2. The lowest BCUT2D eigenvalue weighted by Gasteiger charge is -2.28. The molecule has 2 amide bonds. The van der Waals surface area contributed by atoms with E-state index in [2.05, 4.69) is 25.9 Å². The predicted octanol–water partition coefficient (Wildman–Crippen LogP) is 6.60. The van der Waals surface area contributed by atoms with Crippen LogP contribution in [0.3, 0.4) is 0 Å². The third kappa shape index (κ3) is 6.86. The van der Waals surface area contributed by atoms with Crippen LogP contribution in [0.15, 0.2) is 35.1 Å². The normalized spacial score (nSPS) is 27.6. The number of ether oxygens (including phenoxy) is 2. The Kier molecular flexibility index (Phi) is 8.59. The van der Waals surface area contributed by atoms with E-state index in [1.54, 1.807) is 0 Å². The maximum atomic E-state index is 12.5. The second-order valence-electron chi connectivity index (χ2n) is 14.2. The van der Waals surface area contributed by atoms with Crippen LogP contribution in [0.2, 0.25) is 0 Å². The van der Waals surface area contributed by atoms with Gasteiger partial charge in [0.1, 0.15) is 22.8 Å². The molecule has 4 bridgehead atoms. The summed E-state index contributed by atoms with van der Waals surface area (Å²) in [5.74, 6) is 1.70. The van der Waals surface area contributed by atoms with Gasteiger partial charge in [0.25, 0.3) is 0 Å². The maximum absolute atomic E-state index is 12.5. The number of nitrogen functional groups attached to an aromatic ring is 2. The van der Waals surface area contributed by atoms with Crippen LogP contribution >= 0.6 is 15.9 Å². The molecule has 4 fully saturated rings. The topological polar surface area (TPSA) is 137 Å². The van der Waals surface area contributed by atoms with E-state index in [-0.39, 0.29) is 30.3 Å². The number of fused-ring (bicyclic) bond motifs is 4. The highest BCUT2D eigenvalue weighted by Crippen LogP contribution is 2.48. The summed E-state index contributed by atoms with van der Waals surface area (Å²) in [6.45, 7) is 11.4. The largest absolute Gasteiger partial charge is 0.444 e. The van der Waals surface area contributed by atoms with Crippen molar-refractivity contribution in [1.82, 2.24) is 19.8 Å².